The largest absolute Gasteiger partial charge is 0.573 e. The number of alkyl halides is 3. The second kappa shape index (κ2) is 6.12. The summed E-state index contributed by atoms with van der Waals surface area (Å²) in [6, 6.07) is 5.32. The molecule has 1 aromatic rings. The average molecular weight is 355 g/mol. The summed E-state index contributed by atoms with van der Waals surface area (Å²) in [7, 11) is 0. The fraction of sp³-hybridized carbons (Fsp3) is 0.500. The molecule has 0 bridgehead atoms. The monoisotopic (exact) mass is 355 g/mol. The molecule has 3 rings (SSSR count). The van der Waals surface area contributed by atoms with Crippen molar-refractivity contribution in [3.8, 4) is 5.75 Å². The maximum Gasteiger partial charge on any atom is 0.573 e. The standard InChI is InChI=1S/C16H20F3N5O/c17-16(18,19)25-11-3-1-10(2-4-11)23-13(20)12-9-15(12)5-7-24(8-6-15)14(21)22/h1-4,12H,5-9H2,(H2,20,23)(H3,21,22). The van der Waals surface area contributed by atoms with Crippen LogP contribution in [0, 0.1) is 16.7 Å². The molecule has 0 amide bonds. The Kier molecular flexibility index (Phi) is 4.26. The molecule has 2 fully saturated rings. The summed E-state index contributed by atoms with van der Waals surface area (Å²) in [4.78, 5) is 6.18. The third kappa shape index (κ3) is 3.97. The number of amidine groups is 1. The van der Waals surface area contributed by atoms with E-state index in [1.807, 2.05) is 4.90 Å². The fourth-order valence-electron chi connectivity index (χ4n) is 3.46. The van der Waals surface area contributed by atoms with Crippen molar-refractivity contribution in [3.05, 3.63) is 24.3 Å². The second-order valence-corrected chi connectivity index (χ2v) is 6.57. The molecule has 1 unspecified atom stereocenters. The number of benzene rings is 1. The molecule has 1 aliphatic heterocycles. The minimum Gasteiger partial charge on any atom is -0.406 e. The van der Waals surface area contributed by atoms with E-state index in [1.165, 1.54) is 24.3 Å². The van der Waals surface area contributed by atoms with E-state index in [-0.39, 0.29) is 23.0 Å². The first-order valence-corrected chi connectivity index (χ1v) is 7.97. The maximum absolute atomic E-state index is 12.2. The normalized spacial score (nSPS) is 22.8. The van der Waals surface area contributed by atoms with Crippen molar-refractivity contribution in [1.82, 2.24) is 4.90 Å². The number of nitrogens with two attached hydrogens (primary N) is 2. The summed E-state index contributed by atoms with van der Waals surface area (Å²) in [5.41, 5.74) is 12.2. The number of halogens is 3. The van der Waals surface area contributed by atoms with E-state index < -0.39 is 6.36 Å². The van der Waals surface area contributed by atoms with Gasteiger partial charge in [-0.2, -0.15) is 0 Å². The van der Waals surface area contributed by atoms with Crippen molar-refractivity contribution in [3.63, 3.8) is 0 Å². The molecule has 9 heteroatoms. The van der Waals surface area contributed by atoms with Gasteiger partial charge in [0.25, 0.3) is 0 Å². The zero-order chi connectivity index (χ0) is 18.2. The number of nitrogens with zero attached hydrogens (tertiary/aromatic N) is 2. The lowest BCUT2D eigenvalue weighted by atomic mass is 9.90. The molecule has 1 saturated carbocycles. The molecule has 1 atom stereocenters. The molecule has 2 aliphatic rings. The molecule has 1 saturated heterocycles. The van der Waals surface area contributed by atoms with Gasteiger partial charge in [-0.3, -0.25) is 5.41 Å². The molecular formula is C16H20F3N5O. The first kappa shape index (κ1) is 17.4. The number of hydrogen-bond acceptors (Lipinski definition) is 3. The molecule has 136 valence electrons. The summed E-state index contributed by atoms with van der Waals surface area (Å²) in [5.74, 6) is 0.479. The average Bonchev–Trinajstić information content (AvgIpc) is 3.22. The van der Waals surface area contributed by atoms with Crippen molar-refractivity contribution in [2.45, 2.75) is 25.6 Å². The maximum atomic E-state index is 12.2. The SMILES string of the molecule is N=C(N)N1CCC2(CC1)CC2C(N)=Nc1ccc(OC(F)(F)F)cc1. The van der Waals surface area contributed by atoms with Gasteiger partial charge in [-0.25, -0.2) is 4.99 Å². The Balaban J connectivity index is 1.61. The minimum atomic E-state index is -4.71. The topological polar surface area (TPSA) is 101 Å². The number of likely N-dealkylation sites (tertiary alicyclic amines) is 1. The lowest BCUT2D eigenvalue weighted by molar-refractivity contribution is -0.274. The van der Waals surface area contributed by atoms with E-state index in [1.54, 1.807) is 0 Å². The van der Waals surface area contributed by atoms with Crippen molar-refractivity contribution < 1.29 is 17.9 Å². The molecule has 1 aromatic carbocycles. The van der Waals surface area contributed by atoms with Crippen molar-refractivity contribution in [1.29, 1.82) is 5.41 Å². The Morgan fingerprint density at radius 1 is 1.20 bits per heavy atom. The van der Waals surface area contributed by atoms with Gasteiger partial charge in [0, 0.05) is 19.0 Å². The van der Waals surface area contributed by atoms with E-state index in [0.29, 0.717) is 11.5 Å². The van der Waals surface area contributed by atoms with Crippen LogP contribution in [0.2, 0.25) is 0 Å². The van der Waals surface area contributed by atoms with Gasteiger partial charge < -0.3 is 21.1 Å². The lowest BCUT2D eigenvalue weighted by Gasteiger charge is -2.33. The van der Waals surface area contributed by atoms with Crippen molar-refractivity contribution >= 4 is 17.5 Å². The van der Waals surface area contributed by atoms with Crippen LogP contribution in [0.25, 0.3) is 0 Å². The second-order valence-electron chi connectivity index (χ2n) is 6.57. The Labute approximate surface area is 143 Å². The molecule has 1 aliphatic carbocycles. The Morgan fingerprint density at radius 2 is 1.80 bits per heavy atom. The van der Waals surface area contributed by atoms with Crippen LogP contribution in [0.4, 0.5) is 18.9 Å². The summed E-state index contributed by atoms with van der Waals surface area (Å²) >= 11 is 0. The van der Waals surface area contributed by atoms with Gasteiger partial charge in [-0.1, -0.05) is 0 Å². The molecule has 1 heterocycles. The minimum absolute atomic E-state index is 0.0925. The highest BCUT2D eigenvalue weighted by Crippen LogP contribution is 2.59. The molecule has 0 aromatic heterocycles. The third-order valence-electron chi connectivity index (χ3n) is 4.98. The van der Waals surface area contributed by atoms with E-state index in [2.05, 4.69) is 9.73 Å². The number of guanidine groups is 1. The van der Waals surface area contributed by atoms with E-state index in [0.717, 1.165) is 32.4 Å². The van der Waals surface area contributed by atoms with Crippen LogP contribution >= 0.6 is 0 Å². The van der Waals surface area contributed by atoms with Crippen LogP contribution in [0.3, 0.4) is 0 Å². The number of hydrogen-bond donors (Lipinski definition) is 3. The highest BCUT2D eigenvalue weighted by Gasteiger charge is 2.56. The lowest BCUT2D eigenvalue weighted by Crippen LogP contribution is -2.43. The van der Waals surface area contributed by atoms with Crippen LogP contribution in [0.5, 0.6) is 5.75 Å². The molecule has 5 N–H and O–H groups in total. The van der Waals surface area contributed by atoms with E-state index >= 15 is 0 Å². The molecule has 1 spiro atoms. The van der Waals surface area contributed by atoms with Crippen LogP contribution in [0.15, 0.2) is 29.3 Å². The van der Waals surface area contributed by atoms with Gasteiger partial charge in [-0.15, -0.1) is 13.2 Å². The van der Waals surface area contributed by atoms with Crippen molar-refractivity contribution in [2.24, 2.45) is 27.8 Å². The van der Waals surface area contributed by atoms with Gasteiger partial charge in [0.2, 0.25) is 0 Å². The van der Waals surface area contributed by atoms with Crippen LogP contribution in [-0.2, 0) is 0 Å². The summed E-state index contributed by atoms with van der Waals surface area (Å²) in [5, 5.41) is 7.47. The highest BCUT2D eigenvalue weighted by atomic mass is 19.4. The molecular weight excluding hydrogens is 335 g/mol. The van der Waals surface area contributed by atoms with Crippen LogP contribution in [0.1, 0.15) is 19.3 Å². The predicted octanol–water partition coefficient (Wildman–Crippen LogP) is 2.57. The Hall–Kier alpha value is -2.45. The van der Waals surface area contributed by atoms with Gasteiger partial charge in [-0.05, 0) is 48.9 Å². The van der Waals surface area contributed by atoms with Gasteiger partial charge in [0.1, 0.15) is 11.6 Å². The van der Waals surface area contributed by atoms with Gasteiger partial charge in [0.15, 0.2) is 5.96 Å². The van der Waals surface area contributed by atoms with Crippen LogP contribution < -0.4 is 16.2 Å². The Morgan fingerprint density at radius 3 is 2.32 bits per heavy atom. The first-order chi connectivity index (χ1) is 11.7. The quantitative estimate of drug-likeness (QED) is 0.573. The van der Waals surface area contributed by atoms with Crippen LogP contribution in [-0.4, -0.2) is 36.1 Å². The zero-order valence-corrected chi connectivity index (χ0v) is 13.5. The van der Waals surface area contributed by atoms with E-state index in [9.17, 15) is 13.2 Å². The molecule has 0 radical (unpaired) electrons. The van der Waals surface area contributed by atoms with Gasteiger partial charge in [0.05, 0.1) is 5.69 Å². The zero-order valence-electron chi connectivity index (χ0n) is 13.5. The fourth-order valence-corrected chi connectivity index (χ4v) is 3.46. The number of piperidine rings is 1. The number of nitrogens with one attached hydrogen (secondary N) is 1. The number of rotatable bonds is 3. The highest BCUT2D eigenvalue weighted by molar-refractivity contribution is 5.88. The summed E-state index contributed by atoms with van der Waals surface area (Å²) in [6.45, 7) is 1.48. The predicted molar refractivity (Wildman–Crippen MR) is 87.7 cm³/mol. The van der Waals surface area contributed by atoms with E-state index in [4.69, 9.17) is 16.9 Å². The Bertz CT molecular complexity index is 678. The van der Waals surface area contributed by atoms with Crippen molar-refractivity contribution in [2.75, 3.05) is 13.1 Å². The number of ether oxygens (including phenoxy) is 1. The molecule has 25 heavy (non-hydrogen) atoms. The molecule has 6 nitrogen and oxygen atoms in total. The number of aliphatic imine (C=N–C) groups is 1. The summed E-state index contributed by atoms with van der Waals surface area (Å²) < 4.78 is 40.3. The smallest absolute Gasteiger partial charge is 0.406 e. The third-order valence-corrected chi connectivity index (χ3v) is 4.98. The first-order valence-electron chi connectivity index (χ1n) is 7.97. The van der Waals surface area contributed by atoms with Gasteiger partial charge >= 0.3 is 6.36 Å². The summed E-state index contributed by atoms with van der Waals surface area (Å²) in [6.07, 6.45) is -1.94.